The first-order valence-electron chi connectivity index (χ1n) is 10.8. The number of carbonyl (C=O) groups is 1. The van der Waals surface area contributed by atoms with E-state index in [1.165, 1.54) is 11.1 Å². The van der Waals surface area contributed by atoms with Crippen molar-refractivity contribution in [1.82, 2.24) is 14.9 Å². The van der Waals surface area contributed by atoms with Crippen LogP contribution in [0.1, 0.15) is 15.9 Å². The van der Waals surface area contributed by atoms with Gasteiger partial charge in [-0.15, -0.1) is 0 Å². The number of hydrogen-bond acceptors (Lipinski definition) is 5. The summed E-state index contributed by atoms with van der Waals surface area (Å²) in [6, 6.07) is 22.3. The third kappa shape index (κ3) is 4.34. The van der Waals surface area contributed by atoms with Gasteiger partial charge in [0.2, 0.25) is 0 Å². The Kier molecular flexibility index (Phi) is 5.81. The van der Waals surface area contributed by atoms with Gasteiger partial charge in [-0.2, -0.15) is 0 Å². The van der Waals surface area contributed by atoms with Gasteiger partial charge in [0.15, 0.2) is 5.78 Å². The van der Waals surface area contributed by atoms with E-state index in [0.717, 1.165) is 60.8 Å². The molecule has 0 saturated carbocycles. The Labute approximate surface area is 186 Å². The molecule has 6 nitrogen and oxygen atoms in total. The zero-order chi connectivity index (χ0) is 21.9. The second-order valence-corrected chi connectivity index (χ2v) is 8.06. The van der Waals surface area contributed by atoms with Crippen LogP contribution in [0.15, 0.2) is 66.7 Å². The number of ketones is 1. The molecule has 0 bridgehead atoms. The van der Waals surface area contributed by atoms with Gasteiger partial charge in [-0.25, -0.2) is 4.98 Å². The average molecular weight is 428 g/mol. The van der Waals surface area contributed by atoms with Gasteiger partial charge in [0.1, 0.15) is 12.4 Å². The Bertz CT molecular complexity index is 1220. The van der Waals surface area contributed by atoms with Crippen molar-refractivity contribution in [2.24, 2.45) is 0 Å². The van der Waals surface area contributed by atoms with Crippen LogP contribution in [0.3, 0.4) is 0 Å². The Morgan fingerprint density at radius 1 is 0.938 bits per heavy atom. The maximum atomic E-state index is 11.7. The normalized spacial score (nSPS) is 14.7. The number of carbonyl (C=O) groups excluding carboxylic acids is 1. The number of hydrogen-bond donors (Lipinski definition) is 2. The lowest BCUT2D eigenvalue weighted by Crippen LogP contribution is -2.35. The highest BCUT2D eigenvalue weighted by Gasteiger charge is 2.12. The zero-order valence-corrected chi connectivity index (χ0v) is 17.8. The van der Waals surface area contributed by atoms with Crippen molar-refractivity contribution in [2.45, 2.75) is 6.54 Å². The van der Waals surface area contributed by atoms with Crippen molar-refractivity contribution in [3.05, 3.63) is 77.9 Å². The number of H-pyrrole nitrogens is 1. The largest absolute Gasteiger partial charge is 0.388 e. The molecule has 6 heteroatoms. The number of morpholine rings is 1. The van der Waals surface area contributed by atoms with Crippen LogP contribution in [-0.2, 0) is 11.3 Å². The van der Waals surface area contributed by atoms with Crippen LogP contribution in [0.5, 0.6) is 0 Å². The molecule has 5 rings (SSSR count). The van der Waals surface area contributed by atoms with E-state index >= 15 is 0 Å². The highest BCUT2D eigenvalue weighted by molar-refractivity contribution is 5.99. The lowest BCUT2D eigenvalue weighted by Gasteiger charge is -2.26. The van der Waals surface area contributed by atoms with Crippen LogP contribution < -0.4 is 0 Å². The minimum atomic E-state index is -0.498. The molecule has 0 aliphatic carbocycles. The molecule has 3 aromatic carbocycles. The summed E-state index contributed by atoms with van der Waals surface area (Å²) in [5, 5.41) is 9.07. The molecular weight excluding hydrogens is 402 g/mol. The van der Waals surface area contributed by atoms with E-state index in [0.29, 0.717) is 5.56 Å². The molecule has 0 spiro atoms. The summed E-state index contributed by atoms with van der Waals surface area (Å²) in [6.07, 6.45) is 0. The number of imidazole rings is 1. The molecule has 1 fully saturated rings. The van der Waals surface area contributed by atoms with Crippen LogP contribution in [-0.4, -0.2) is 58.7 Å². The molecule has 1 aliphatic heterocycles. The van der Waals surface area contributed by atoms with Crippen molar-refractivity contribution >= 4 is 16.8 Å². The first-order chi connectivity index (χ1) is 15.7. The fourth-order valence-corrected chi connectivity index (χ4v) is 4.05. The summed E-state index contributed by atoms with van der Waals surface area (Å²) < 4.78 is 5.42. The molecule has 0 radical (unpaired) electrons. The maximum Gasteiger partial charge on any atom is 0.188 e. The fourth-order valence-electron chi connectivity index (χ4n) is 4.05. The number of nitrogens with zero attached hydrogens (tertiary/aromatic N) is 2. The van der Waals surface area contributed by atoms with Gasteiger partial charge < -0.3 is 14.8 Å². The number of benzene rings is 3. The lowest BCUT2D eigenvalue weighted by atomic mass is 10.0. The SMILES string of the molecule is O=C(CO)c1ccc2nc(-c3ccc(-c4ccc(CN5CCOCC5)cc4)cc3)[nH]c2c1. The monoisotopic (exact) mass is 427 g/mol. The quantitative estimate of drug-likeness (QED) is 0.456. The minimum Gasteiger partial charge on any atom is -0.388 e. The van der Waals surface area contributed by atoms with E-state index in [4.69, 9.17) is 9.84 Å². The van der Waals surface area contributed by atoms with Crippen LogP contribution in [0.2, 0.25) is 0 Å². The molecule has 162 valence electrons. The summed E-state index contributed by atoms with van der Waals surface area (Å²) in [7, 11) is 0. The van der Waals surface area contributed by atoms with Crippen LogP contribution >= 0.6 is 0 Å². The Hall–Kier alpha value is -3.32. The topological polar surface area (TPSA) is 78.4 Å². The van der Waals surface area contributed by atoms with Gasteiger partial charge in [0.25, 0.3) is 0 Å². The number of Topliss-reactive ketones (excluding diaryl/α,β-unsaturated/α-hetero) is 1. The first-order valence-corrected chi connectivity index (χ1v) is 10.8. The van der Waals surface area contributed by atoms with E-state index in [1.807, 2.05) is 0 Å². The van der Waals surface area contributed by atoms with Crippen LogP contribution in [0.4, 0.5) is 0 Å². The van der Waals surface area contributed by atoms with E-state index in [-0.39, 0.29) is 5.78 Å². The number of ether oxygens (including phenoxy) is 1. The van der Waals surface area contributed by atoms with Gasteiger partial charge in [0.05, 0.1) is 24.2 Å². The number of rotatable bonds is 6. The molecule has 0 atom stereocenters. The third-order valence-corrected chi connectivity index (χ3v) is 5.90. The second-order valence-electron chi connectivity index (χ2n) is 8.06. The van der Waals surface area contributed by atoms with Gasteiger partial charge in [-0.1, -0.05) is 48.5 Å². The minimum absolute atomic E-state index is 0.302. The Balaban J connectivity index is 1.32. The van der Waals surface area contributed by atoms with Gasteiger partial charge >= 0.3 is 0 Å². The maximum absolute atomic E-state index is 11.7. The number of aliphatic hydroxyl groups excluding tert-OH is 1. The van der Waals surface area contributed by atoms with Crippen LogP contribution in [0, 0.1) is 0 Å². The molecule has 1 aromatic heterocycles. The first kappa shape index (κ1) is 20.6. The van der Waals surface area contributed by atoms with E-state index in [1.54, 1.807) is 18.2 Å². The van der Waals surface area contributed by atoms with Gasteiger partial charge in [0, 0.05) is 30.8 Å². The highest BCUT2D eigenvalue weighted by atomic mass is 16.5. The predicted octanol–water partition coefficient (Wildman–Crippen LogP) is 3.90. The van der Waals surface area contributed by atoms with Crippen molar-refractivity contribution in [2.75, 3.05) is 32.9 Å². The summed E-state index contributed by atoms with van der Waals surface area (Å²) in [5.41, 5.74) is 6.66. The van der Waals surface area contributed by atoms with E-state index in [9.17, 15) is 4.79 Å². The number of aromatic amines is 1. The molecule has 32 heavy (non-hydrogen) atoms. The molecule has 1 saturated heterocycles. The van der Waals surface area contributed by atoms with Gasteiger partial charge in [-0.05, 0) is 34.9 Å². The standard InChI is InChI=1S/C26H25N3O3/c30-17-25(31)22-9-10-23-24(15-22)28-26(27-23)21-7-5-20(6-8-21)19-3-1-18(2-4-19)16-29-11-13-32-14-12-29/h1-10,15,30H,11-14,16-17H2,(H,27,28). The number of nitrogens with one attached hydrogen (secondary N) is 1. The Morgan fingerprint density at radius 2 is 1.59 bits per heavy atom. The highest BCUT2D eigenvalue weighted by Crippen LogP contribution is 2.26. The van der Waals surface area contributed by atoms with E-state index < -0.39 is 6.61 Å². The molecule has 4 aromatic rings. The molecule has 0 unspecified atom stereocenters. The second kappa shape index (κ2) is 9.04. The van der Waals surface area contributed by atoms with Crippen molar-refractivity contribution in [3.63, 3.8) is 0 Å². The summed E-state index contributed by atoms with van der Waals surface area (Å²) in [5.74, 6) is 0.448. The average Bonchev–Trinajstić information content (AvgIpc) is 3.28. The molecule has 0 amide bonds. The van der Waals surface area contributed by atoms with Crippen molar-refractivity contribution in [3.8, 4) is 22.5 Å². The Morgan fingerprint density at radius 3 is 2.28 bits per heavy atom. The van der Waals surface area contributed by atoms with Crippen LogP contribution in [0.25, 0.3) is 33.5 Å². The summed E-state index contributed by atoms with van der Waals surface area (Å²) >= 11 is 0. The molecule has 2 N–H and O–H groups in total. The molecule has 1 aliphatic rings. The van der Waals surface area contributed by atoms with Crippen molar-refractivity contribution in [1.29, 1.82) is 0 Å². The number of fused-ring (bicyclic) bond motifs is 1. The smallest absolute Gasteiger partial charge is 0.188 e. The number of aliphatic hydroxyl groups is 1. The summed E-state index contributed by atoms with van der Waals surface area (Å²) in [4.78, 5) is 22.1. The number of aromatic nitrogens is 2. The predicted molar refractivity (Wildman–Crippen MR) is 124 cm³/mol. The summed E-state index contributed by atoms with van der Waals surface area (Å²) in [6.45, 7) is 4.08. The fraction of sp³-hybridized carbons (Fsp3) is 0.231. The zero-order valence-electron chi connectivity index (χ0n) is 17.8. The lowest BCUT2D eigenvalue weighted by molar-refractivity contribution is 0.0342. The van der Waals surface area contributed by atoms with Crippen molar-refractivity contribution < 1.29 is 14.6 Å². The molecular formula is C26H25N3O3. The third-order valence-electron chi connectivity index (χ3n) is 5.90. The van der Waals surface area contributed by atoms with Gasteiger partial charge in [-0.3, -0.25) is 9.69 Å². The van der Waals surface area contributed by atoms with E-state index in [2.05, 4.69) is 63.4 Å². The molecule has 2 heterocycles.